The molecule has 1 unspecified atom stereocenters. The quantitative estimate of drug-likeness (QED) is 0.903. The van der Waals surface area contributed by atoms with E-state index in [9.17, 15) is 4.79 Å². The third-order valence-corrected chi connectivity index (χ3v) is 4.53. The summed E-state index contributed by atoms with van der Waals surface area (Å²) in [6, 6.07) is 7.68. The van der Waals surface area contributed by atoms with E-state index < -0.39 is 0 Å². The molecule has 3 rings (SSSR count). The number of benzene rings is 1. The van der Waals surface area contributed by atoms with Crippen molar-refractivity contribution in [2.75, 3.05) is 11.1 Å². The summed E-state index contributed by atoms with van der Waals surface area (Å²) in [5.41, 5.74) is 7.52. The minimum atomic E-state index is -0.359. The number of nitrogens with one attached hydrogen (secondary N) is 1. The van der Waals surface area contributed by atoms with Gasteiger partial charge in [0.15, 0.2) is 5.17 Å². The summed E-state index contributed by atoms with van der Waals surface area (Å²) in [6.07, 6.45) is 5.36. The zero-order chi connectivity index (χ0) is 16.3. The molecule has 1 aromatic carbocycles. The number of hydrogen-bond donors (Lipinski definition) is 2. The molecule has 0 radical (unpaired) electrons. The van der Waals surface area contributed by atoms with Crippen molar-refractivity contribution in [3.63, 3.8) is 0 Å². The first-order chi connectivity index (χ1) is 11.1. The van der Waals surface area contributed by atoms with Gasteiger partial charge in [-0.2, -0.15) is 0 Å². The maximum absolute atomic E-state index is 12.2. The van der Waals surface area contributed by atoms with Crippen LogP contribution in [0.3, 0.4) is 0 Å². The third-order valence-electron chi connectivity index (χ3n) is 3.73. The molecule has 3 N–H and O–H groups in total. The molecule has 0 saturated heterocycles. The van der Waals surface area contributed by atoms with Crippen LogP contribution in [0.4, 0.5) is 5.69 Å². The molecule has 2 aromatic rings. The molecule has 1 aliphatic rings. The highest BCUT2D eigenvalue weighted by molar-refractivity contribution is 8.13. The molecular weight excluding hydrogens is 310 g/mol. The van der Waals surface area contributed by atoms with E-state index >= 15 is 0 Å². The van der Waals surface area contributed by atoms with Crippen LogP contribution in [0, 0.1) is 0 Å². The van der Waals surface area contributed by atoms with Gasteiger partial charge in [0.05, 0.1) is 11.7 Å². The van der Waals surface area contributed by atoms with Crippen molar-refractivity contribution in [3.05, 3.63) is 54.1 Å². The van der Waals surface area contributed by atoms with E-state index in [1.54, 1.807) is 11.8 Å². The van der Waals surface area contributed by atoms with E-state index in [4.69, 9.17) is 5.73 Å². The van der Waals surface area contributed by atoms with Crippen molar-refractivity contribution in [1.82, 2.24) is 9.97 Å². The summed E-state index contributed by atoms with van der Waals surface area (Å²) in [7, 11) is 0. The van der Waals surface area contributed by atoms with E-state index in [2.05, 4.69) is 27.2 Å². The Bertz CT molecular complexity index is 749. The molecule has 2 heterocycles. The van der Waals surface area contributed by atoms with Crippen LogP contribution in [0.15, 0.2) is 47.8 Å². The predicted molar refractivity (Wildman–Crippen MR) is 92.5 cm³/mol. The van der Waals surface area contributed by atoms with Gasteiger partial charge >= 0.3 is 0 Å². The number of aromatic nitrogens is 2. The van der Waals surface area contributed by atoms with Crippen LogP contribution >= 0.6 is 11.8 Å². The van der Waals surface area contributed by atoms with Gasteiger partial charge in [-0.25, -0.2) is 4.98 Å². The molecule has 1 aliphatic heterocycles. The Labute approximate surface area is 138 Å². The zero-order valence-corrected chi connectivity index (χ0v) is 13.5. The number of amidine groups is 1. The number of nitrogens with two attached hydrogens (primary N) is 1. The number of nitrogens with zero attached hydrogens (tertiary/aromatic N) is 3. The SMILES string of the molecule is CC1(c2cccc(NC(=O)c3cnccn3)c2)CCSC(N)=N1. The van der Waals surface area contributed by atoms with Crippen molar-refractivity contribution in [3.8, 4) is 0 Å². The fraction of sp³-hybridized carbons (Fsp3) is 0.250. The number of carbonyl (C=O) groups excluding carboxylic acids is 1. The highest BCUT2D eigenvalue weighted by Crippen LogP contribution is 2.35. The van der Waals surface area contributed by atoms with Crippen LogP contribution in [0.5, 0.6) is 0 Å². The predicted octanol–water partition coefficient (Wildman–Crippen LogP) is 2.40. The van der Waals surface area contributed by atoms with Crippen molar-refractivity contribution in [2.24, 2.45) is 10.7 Å². The second-order valence-corrected chi connectivity index (χ2v) is 6.56. The Morgan fingerprint density at radius 2 is 2.26 bits per heavy atom. The number of anilines is 1. The first-order valence-corrected chi connectivity index (χ1v) is 8.21. The minimum absolute atomic E-state index is 0.278. The molecule has 0 spiro atoms. The van der Waals surface area contributed by atoms with Crippen LogP contribution < -0.4 is 11.1 Å². The van der Waals surface area contributed by atoms with Gasteiger partial charge in [0.2, 0.25) is 0 Å². The van der Waals surface area contributed by atoms with Gasteiger partial charge in [-0.15, -0.1) is 0 Å². The van der Waals surface area contributed by atoms with Gasteiger partial charge in [0.25, 0.3) is 5.91 Å². The summed E-state index contributed by atoms with van der Waals surface area (Å²) in [6.45, 7) is 2.06. The number of carbonyl (C=O) groups is 1. The normalized spacial score (nSPS) is 20.7. The van der Waals surface area contributed by atoms with Gasteiger partial charge < -0.3 is 11.1 Å². The molecule has 1 aromatic heterocycles. The monoisotopic (exact) mass is 327 g/mol. The van der Waals surface area contributed by atoms with Gasteiger partial charge in [-0.3, -0.25) is 14.8 Å². The first kappa shape index (κ1) is 15.5. The Balaban J connectivity index is 1.83. The zero-order valence-electron chi connectivity index (χ0n) is 12.7. The topological polar surface area (TPSA) is 93.3 Å². The second kappa shape index (κ2) is 6.37. The minimum Gasteiger partial charge on any atom is -0.379 e. The lowest BCUT2D eigenvalue weighted by atomic mass is 9.89. The van der Waals surface area contributed by atoms with Gasteiger partial charge in [-0.1, -0.05) is 23.9 Å². The number of thioether (sulfide) groups is 1. The second-order valence-electron chi connectivity index (χ2n) is 5.45. The highest BCUT2D eigenvalue weighted by atomic mass is 32.2. The smallest absolute Gasteiger partial charge is 0.275 e. The van der Waals surface area contributed by atoms with Crippen molar-refractivity contribution in [1.29, 1.82) is 0 Å². The summed E-state index contributed by atoms with van der Waals surface area (Å²) < 4.78 is 0. The van der Waals surface area contributed by atoms with Crippen LogP contribution in [0.2, 0.25) is 0 Å². The molecule has 0 saturated carbocycles. The first-order valence-electron chi connectivity index (χ1n) is 7.23. The Morgan fingerprint density at radius 3 is 3.00 bits per heavy atom. The maximum Gasteiger partial charge on any atom is 0.275 e. The van der Waals surface area contributed by atoms with Crippen LogP contribution in [-0.4, -0.2) is 26.8 Å². The number of amides is 1. The number of hydrogen-bond acceptors (Lipinski definition) is 6. The summed E-state index contributed by atoms with van der Waals surface area (Å²) in [5, 5.41) is 3.44. The Hall–Kier alpha value is -2.41. The van der Waals surface area contributed by atoms with Crippen LogP contribution in [0.25, 0.3) is 0 Å². The lowest BCUT2D eigenvalue weighted by Gasteiger charge is -2.30. The lowest BCUT2D eigenvalue weighted by Crippen LogP contribution is -2.28. The lowest BCUT2D eigenvalue weighted by molar-refractivity contribution is 0.102. The fourth-order valence-electron chi connectivity index (χ4n) is 2.44. The standard InChI is InChI=1S/C16H17N5OS/c1-16(5-8-23-15(17)21-16)11-3-2-4-12(9-11)20-14(22)13-10-18-6-7-19-13/h2-4,6-7,9-10H,5,8H2,1H3,(H2,17,21)(H,20,22). The Kier molecular flexibility index (Phi) is 4.29. The van der Waals surface area contributed by atoms with Gasteiger partial charge in [-0.05, 0) is 31.0 Å². The largest absolute Gasteiger partial charge is 0.379 e. The molecule has 118 valence electrons. The van der Waals surface area contributed by atoms with Crippen molar-refractivity contribution in [2.45, 2.75) is 18.9 Å². The number of aliphatic imine (C=N–C) groups is 1. The van der Waals surface area contributed by atoms with E-state index in [0.29, 0.717) is 10.9 Å². The molecule has 23 heavy (non-hydrogen) atoms. The summed E-state index contributed by atoms with van der Waals surface area (Å²) in [5.74, 6) is 0.643. The molecule has 0 aliphatic carbocycles. The maximum atomic E-state index is 12.2. The molecule has 0 fully saturated rings. The summed E-state index contributed by atoms with van der Waals surface area (Å²) >= 11 is 1.57. The molecule has 7 heteroatoms. The summed E-state index contributed by atoms with van der Waals surface area (Å²) in [4.78, 5) is 24.6. The van der Waals surface area contributed by atoms with Gasteiger partial charge in [0.1, 0.15) is 5.69 Å². The highest BCUT2D eigenvalue weighted by Gasteiger charge is 2.29. The van der Waals surface area contributed by atoms with Crippen molar-refractivity contribution < 1.29 is 4.79 Å². The van der Waals surface area contributed by atoms with E-state index in [1.807, 2.05) is 24.3 Å². The molecule has 1 atom stereocenters. The van der Waals surface area contributed by atoms with E-state index in [-0.39, 0.29) is 17.1 Å². The Morgan fingerprint density at radius 1 is 1.39 bits per heavy atom. The third kappa shape index (κ3) is 3.50. The van der Waals surface area contributed by atoms with Crippen molar-refractivity contribution >= 4 is 28.5 Å². The molecule has 6 nitrogen and oxygen atoms in total. The molecular formula is C16H17N5OS. The van der Waals surface area contributed by atoms with Gasteiger partial charge in [0, 0.05) is 23.8 Å². The van der Waals surface area contributed by atoms with Crippen LogP contribution in [-0.2, 0) is 5.54 Å². The fourth-order valence-corrected chi connectivity index (χ4v) is 3.41. The average Bonchev–Trinajstić information content (AvgIpc) is 2.56. The number of rotatable bonds is 3. The molecule has 1 amide bonds. The average molecular weight is 327 g/mol. The van der Waals surface area contributed by atoms with E-state index in [0.717, 1.165) is 17.7 Å². The van der Waals surface area contributed by atoms with E-state index in [1.165, 1.54) is 18.6 Å². The van der Waals surface area contributed by atoms with Crippen LogP contribution in [0.1, 0.15) is 29.4 Å². The molecule has 0 bridgehead atoms.